The van der Waals surface area contributed by atoms with E-state index in [1.54, 1.807) is 42.5 Å². The first-order chi connectivity index (χ1) is 17.8. The predicted molar refractivity (Wildman–Crippen MR) is 142 cm³/mol. The van der Waals surface area contributed by atoms with Crippen molar-refractivity contribution in [2.75, 3.05) is 4.90 Å². The molecule has 7 nitrogen and oxygen atoms in total. The number of hydrogen-bond acceptors (Lipinski definition) is 4. The number of anilines is 1. The molecule has 0 spiro atoms. The Morgan fingerprint density at radius 1 is 0.973 bits per heavy atom. The predicted octanol–water partition coefficient (Wildman–Crippen LogP) is 5.71. The molecule has 2 aromatic rings. The Kier molecular flexibility index (Phi) is 5.95. The third-order valence-corrected chi connectivity index (χ3v) is 9.42. The fraction of sp³-hybridized carbons (Fsp3) is 0.429. The number of fused-ring (bicyclic) bond motifs is 3. The molecule has 0 bridgehead atoms. The van der Waals surface area contributed by atoms with E-state index in [-0.39, 0.29) is 24.3 Å². The molecule has 3 saturated heterocycles. The van der Waals surface area contributed by atoms with Crippen LogP contribution >= 0.6 is 27.5 Å². The van der Waals surface area contributed by atoms with Gasteiger partial charge in [0.25, 0.3) is 5.91 Å². The number of urea groups is 1. The van der Waals surface area contributed by atoms with E-state index in [2.05, 4.69) is 15.9 Å². The van der Waals surface area contributed by atoms with Gasteiger partial charge in [0.05, 0.1) is 23.6 Å². The van der Waals surface area contributed by atoms with Crippen LogP contribution in [0.15, 0.2) is 53.0 Å². The van der Waals surface area contributed by atoms with Crippen molar-refractivity contribution in [3.05, 3.63) is 63.6 Å². The molecule has 37 heavy (non-hydrogen) atoms. The number of likely N-dealkylation sites (tertiary alicyclic amines) is 1. The summed E-state index contributed by atoms with van der Waals surface area (Å²) in [5.41, 5.74) is -0.317. The molecule has 3 unspecified atom stereocenters. The van der Waals surface area contributed by atoms with E-state index in [0.717, 1.165) is 36.6 Å². The highest BCUT2D eigenvalue weighted by Crippen LogP contribution is 2.60. The molecule has 4 atom stereocenters. The summed E-state index contributed by atoms with van der Waals surface area (Å²) in [5, 5.41) is 0.525. The lowest BCUT2D eigenvalue weighted by Crippen LogP contribution is -2.54. The Labute approximate surface area is 228 Å². The van der Waals surface area contributed by atoms with Gasteiger partial charge in [0.15, 0.2) is 0 Å². The zero-order chi connectivity index (χ0) is 26.1. The van der Waals surface area contributed by atoms with E-state index >= 15 is 0 Å². The number of nitrogens with zero attached hydrogens (tertiary/aromatic N) is 3. The molecule has 1 saturated carbocycles. The molecule has 0 radical (unpaired) electrons. The lowest BCUT2D eigenvalue weighted by molar-refractivity contribution is -0.147. The minimum absolute atomic E-state index is 0.152. The molecule has 5 amide bonds. The fourth-order valence-corrected chi connectivity index (χ4v) is 7.62. The van der Waals surface area contributed by atoms with Crippen LogP contribution in [0.1, 0.15) is 57.1 Å². The third kappa shape index (κ3) is 3.37. The second-order valence-electron chi connectivity index (χ2n) is 10.4. The highest BCUT2D eigenvalue weighted by atomic mass is 79.9. The number of benzene rings is 2. The Hall–Kier alpha value is -2.71. The monoisotopic (exact) mass is 583 g/mol. The number of carbonyl (C=O) groups excluding carboxylic acids is 4. The average Bonchev–Trinajstić information content (AvgIpc) is 3.43. The quantitative estimate of drug-likeness (QED) is 0.341. The Morgan fingerprint density at radius 3 is 2.32 bits per heavy atom. The van der Waals surface area contributed by atoms with Crippen LogP contribution in [0.3, 0.4) is 0 Å². The van der Waals surface area contributed by atoms with Crippen LogP contribution in [0.5, 0.6) is 0 Å². The Bertz CT molecular complexity index is 1310. The number of amides is 5. The number of imide groups is 2. The molecular formula is C28H27BrClN3O4. The minimum Gasteiger partial charge on any atom is -0.300 e. The second-order valence-corrected chi connectivity index (χ2v) is 11.7. The Morgan fingerprint density at radius 2 is 1.68 bits per heavy atom. The lowest BCUT2D eigenvalue weighted by Gasteiger charge is -2.37. The lowest BCUT2D eigenvalue weighted by atomic mass is 9.77. The van der Waals surface area contributed by atoms with Crippen molar-refractivity contribution in [1.82, 2.24) is 9.80 Å². The first kappa shape index (κ1) is 24.6. The normalized spacial score (nSPS) is 29.9. The maximum atomic E-state index is 14.3. The van der Waals surface area contributed by atoms with Crippen LogP contribution in [0.2, 0.25) is 5.02 Å². The van der Waals surface area contributed by atoms with E-state index in [4.69, 9.17) is 11.6 Å². The minimum atomic E-state index is -1.44. The van der Waals surface area contributed by atoms with Crippen molar-refractivity contribution in [2.24, 2.45) is 11.8 Å². The fourth-order valence-electron chi connectivity index (χ4n) is 7.11. The molecular weight excluding hydrogens is 558 g/mol. The summed E-state index contributed by atoms with van der Waals surface area (Å²) in [7, 11) is 0. The van der Waals surface area contributed by atoms with Crippen LogP contribution in [-0.4, -0.2) is 45.1 Å². The van der Waals surface area contributed by atoms with Crippen molar-refractivity contribution >= 4 is 57.0 Å². The van der Waals surface area contributed by atoms with Crippen LogP contribution in [0.25, 0.3) is 0 Å². The van der Waals surface area contributed by atoms with Gasteiger partial charge in [-0.1, -0.05) is 71.9 Å². The van der Waals surface area contributed by atoms with Gasteiger partial charge in [-0.3, -0.25) is 19.3 Å². The number of rotatable bonds is 4. The van der Waals surface area contributed by atoms with Gasteiger partial charge >= 0.3 is 6.03 Å². The van der Waals surface area contributed by atoms with Gasteiger partial charge < -0.3 is 4.90 Å². The summed E-state index contributed by atoms with van der Waals surface area (Å²) < 4.78 is 0.728. The van der Waals surface area contributed by atoms with E-state index in [1.165, 1.54) is 14.7 Å². The highest BCUT2D eigenvalue weighted by Gasteiger charge is 2.77. The molecule has 4 aliphatic rings. The van der Waals surface area contributed by atoms with E-state index in [0.29, 0.717) is 16.3 Å². The van der Waals surface area contributed by atoms with Gasteiger partial charge in [-0.05, 0) is 55.2 Å². The topological polar surface area (TPSA) is 78.0 Å². The summed E-state index contributed by atoms with van der Waals surface area (Å²) in [4.78, 5) is 60.8. The highest BCUT2D eigenvalue weighted by molar-refractivity contribution is 9.10. The van der Waals surface area contributed by atoms with Gasteiger partial charge in [-0.2, -0.15) is 0 Å². The number of hydrogen-bond donors (Lipinski definition) is 0. The van der Waals surface area contributed by atoms with Crippen molar-refractivity contribution in [3.63, 3.8) is 0 Å². The number of carbonyl (C=O) groups is 4. The molecule has 1 aliphatic carbocycles. The summed E-state index contributed by atoms with van der Waals surface area (Å²) in [6, 6.07) is 12.6. The number of halogens is 2. The van der Waals surface area contributed by atoms with Crippen molar-refractivity contribution < 1.29 is 19.2 Å². The smallest absolute Gasteiger partial charge is 0.300 e. The van der Waals surface area contributed by atoms with Crippen molar-refractivity contribution in [3.8, 4) is 0 Å². The first-order valence-electron chi connectivity index (χ1n) is 12.9. The molecule has 2 aromatic carbocycles. The molecule has 3 aliphatic heterocycles. The van der Waals surface area contributed by atoms with E-state index in [9.17, 15) is 19.2 Å². The van der Waals surface area contributed by atoms with Gasteiger partial charge in [0.2, 0.25) is 11.8 Å². The largest absolute Gasteiger partial charge is 0.332 e. The summed E-state index contributed by atoms with van der Waals surface area (Å²) in [5.74, 6) is -2.77. The third-order valence-electron chi connectivity index (χ3n) is 8.68. The Balaban J connectivity index is 1.53. The standard InChI is InChI=1S/C28H27BrClN3O4/c1-2-28-22-21(24(34)31(25(22)35)19-8-4-3-5-9-19)23(16-11-13-18(30)14-12-16)33(28)27(37)32(26(28)36)20-10-6-7-17(29)15-20/h6-7,10-15,19,21-23H,2-5,8-9H2,1H3/t21?,22?,23?,28-/m1/s1. The molecule has 192 valence electrons. The van der Waals surface area contributed by atoms with Crippen LogP contribution in [0.4, 0.5) is 10.5 Å². The molecule has 9 heteroatoms. The SMILES string of the molecule is CC[C@@]12C(=O)N(c3cccc(Br)c3)C(=O)N1C(c1ccc(Cl)cc1)C1C(=O)N(C3CCCCC3)C(=O)C12. The van der Waals surface area contributed by atoms with Gasteiger partial charge in [-0.15, -0.1) is 0 Å². The molecule has 0 aromatic heterocycles. The van der Waals surface area contributed by atoms with Crippen LogP contribution < -0.4 is 4.90 Å². The van der Waals surface area contributed by atoms with E-state index < -0.39 is 35.4 Å². The molecule has 0 N–H and O–H groups in total. The van der Waals surface area contributed by atoms with Crippen LogP contribution in [-0.2, 0) is 14.4 Å². The van der Waals surface area contributed by atoms with Crippen molar-refractivity contribution in [2.45, 2.75) is 63.1 Å². The van der Waals surface area contributed by atoms with Gasteiger partial charge in [0.1, 0.15) is 5.54 Å². The first-order valence-corrected chi connectivity index (χ1v) is 14.0. The molecule has 3 heterocycles. The molecule has 6 rings (SSSR count). The van der Waals surface area contributed by atoms with Gasteiger partial charge in [0, 0.05) is 15.5 Å². The van der Waals surface area contributed by atoms with Crippen LogP contribution in [0, 0.1) is 11.8 Å². The maximum absolute atomic E-state index is 14.3. The van der Waals surface area contributed by atoms with E-state index in [1.807, 2.05) is 13.0 Å². The zero-order valence-electron chi connectivity index (χ0n) is 20.4. The maximum Gasteiger partial charge on any atom is 0.332 e. The van der Waals surface area contributed by atoms with Gasteiger partial charge in [-0.25, -0.2) is 9.69 Å². The summed E-state index contributed by atoms with van der Waals surface area (Å²) in [6.45, 7) is 1.82. The average molecular weight is 585 g/mol. The summed E-state index contributed by atoms with van der Waals surface area (Å²) in [6.07, 6.45) is 4.82. The second kappa shape index (κ2) is 8.95. The molecule has 4 fully saturated rings. The zero-order valence-corrected chi connectivity index (χ0v) is 22.7. The summed E-state index contributed by atoms with van der Waals surface area (Å²) >= 11 is 9.60. The van der Waals surface area contributed by atoms with Crippen molar-refractivity contribution in [1.29, 1.82) is 0 Å².